The number of rotatable bonds is 3. The van der Waals surface area contributed by atoms with E-state index in [2.05, 4.69) is 10.2 Å². The van der Waals surface area contributed by atoms with Crippen LogP contribution in [0.1, 0.15) is 16.2 Å². The standard InChI is InChI=1S/C11H11N3O3S/c1-6-13-14-11(17-6)18-9-4-3-7(12)5-8(9)10(15)16-2/h3-5H,12H2,1-2H3. The number of aryl methyl sites for hydroxylation is 1. The highest BCUT2D eigenvalue weighted by atomic mass is 32.2. The van der Waals surface area contributed by atoms with E-state index in [9.17, 15) is 4.79 Å². The van der Waals surface area contributed by atoms with Crippen molar-refractivity contribution in [3.8, 4) is 0 Å². The molecular weight excluding hydrogens is 254 g/mol. The zero-order valence-electron chi connectivity index (χ0n) is 9.84. The Morgan fingerprint density at radius 1 is 1.44 bits per heavy atom. The number of carbonyl (C=O) groups is 1. The van der Waals surface area contributed by atoms with Crippen LogP contribution in [0.25, 0.3) is 0 Å². The molecule has 0 saturated heterocycles. The average Bonchev–Trinajstić information content (AvgIpc) is 2.76. The zero-order valence-corrected chi connectivity index (χ0v) is 10.7. The molecular formula is C11H11N3O3S. The van der Waals surface area contributed by atoms with E-state index in [1.165, 1.54) is 18.9 Å². The summed E-state index contributed by atoms with van der Waals surface area (Å²) < 4.78 is 9.94. The third kappa shape index (κ3) is 2.62. The number of nitrogens with zero attached hydrogens (tertiary/aromatic N) is 2. The van der Waals surface area contributed by atoms with E-state index in [-0.39, 0.29) is 0 Å². The summed E-state index contributed by atoms with van der Waals surface area (Å²) in [7, 11) is 1.32. The molecule has 18 heavy (non-hydrogen) atoms. The number of nitrogen functional groups attached to an aromatic ring is 1. The Hall–Kier alpha value is -2.02. The molecule has 1 heterocycles. The lowest BCUT2D eigenvalue weighted by atomic mass is 10.2. The second-order valence-electron chi connectivity index (χ2n) is 3.44. The first-order chi connectivity index (χ1) is 8.60. The van der Waals surface area contributed by atoms with Gasteiger partial charge in [0, 0.05) is 17.5 Å². The minimum Gasteiger partial charge on any atom is -0.465 e. The maximum Gasteiger partial charge on any atom is 0.339 e. The fraction of sp³-hybridized carbons (Fsp3) is 0.182. The molecule has 2 N–H and O–H groups in total. The van der Waals surface area contributed by atoms with Gasteiger partial charge in [-0.05, 0) is 30.0 Å². The van der Waals surface area contributed by atoms with Crippen molar-refractivity contribution in [2.75, 3.05) is 12.8 Å². The van der Waals surface area contributed by atoms with Gasteiger partial charge in [0.15, 0.2) is 0 Å². The fourth-order valence-corrected chi connectivity index (χ4v) is 2.14. The summed E-state index contributed by atoms with van der Waals surface area (Å²) in [6.45, 7) is 1.70. The van der Waals surface area contributed by atoms with Crippen LogP contribution in [0.15, 0.2) is 32.7 Å². The largest absolute Gasteiger partial charge is 0.465 e. The highest BCUT2D eigenvalue weighted by Crippen LogP contribution is 2.31. The lowest BCUT2D eigenvalue weighted by molar-refractivity contribution is 0.0597. The fourth-order valence-electron chi connectivity index (χ4n) is 1.32. The first-order valence-electron chi connectivity index (χ1n) is 5.06. The number of ether oxygens (including phenoxy) is 1. The summed E-state index contributed by atoms with van der Waals surface area (Å²) in [5.74, 6) is 0.00796. The Bertz CT molecular complexity index is 583. The number of benzene rings is 1. The lowest BCUT2D eigenvalue weighted by Gasteiger charge is -2.06. The highest BCUT2D eigenvalue weighted by molar-refractivity contribution is 7.99. The molecule has 6 nitrogen and oxygen atoms in total. The van der Waals surface area contributed by atoms with E-state index < -0.39 is 5.97 Å². The normalized spacial score (nSPS) is 10.3. The molecule has 7 heteroatoms. The molecule has 1 aromatic carbocycles. The van der Waals surface area contributed by atoms with E-state index >= 15 is 0 Å². The number of methoxy groups -OCH3 is 1. The molecule has 1 aromatic heterocycles. The van der Waals surface area contributed by atoms with Crippen LogP contribution in [0.5, 0.6) is 0 Å². The molecule has 0 atom stereocenters. The number of nitrogens with two attached hydrogens (primary N) is 1. The quantitative estimate of drug-likeness (QED) is 0.669. The second kappa shape index (κ2) is 5.09. The molecule has 0 spiro atoms. The third-order valence-corrected chi connectivity index (χ3v) is 3.03. The number of esters is 1. The van der Waals surface area contributed by atoms with Gasteiger partial charge in [-0.1, -0.05) is 0 Å². The number of hydrogen-bond acceptors (Lipinski definition) is 7. The molecule has 2 rings (SSSR count). The Morgan fingerprint density at radius 3 is 2.83 bits per heavy atom. The van der Waals surface area contributed by atoms with Gasteiger partial charge in [-0.3, -0.25) is 0 Å². The molecule has 0 aliphatic rings. The molecule has 0 saturated carbocycles. The topological polar surface area (TPSA) is 91.2 Å². The van der Waals surface area contributed by atoms with Crippen LogP contribution < -0.4 is 5.73 Å². The van der Waals surface area contributed by atoms with E-state index in [0.29, 0.717) is 27.3 Å². The van der Waals surface area contributed by atoms with Gasteiger partial charge in [-0.15, -0.1) is 10.2 Å². The molecule has 0 bridgehead atoms. The van der Waals surface area contributed by atoms with Gasteiger partial charge >= 0.3 is 5.97 Å². The maximum absolute atomic E-state index is 11.6. The van der Waals surface area contributed by atoms with Crippen molar-refractivity contribution >= 4 is 23.4 Å². The summed E-state index contributed by atoms with van der Waals surface area (Å²) in [6, 6.07) is 4.96. The highest BCUT2D eigenvalue weighted by Gasteiger charge is 2.15. The van der Waals surface area contributed by atoms with Crippen LogP contribution >= 0.6 is 11.8 Å². The third-order valence-electron chi connectivity index (χ3n) is 2.11. The summed E-state index contributed by atoms with van der Waals surface area (Å²) in [5.41, 5.74) is 6.51. The van der Waals surface area contributed by atoms with Gasteiger partial charge < -0.3 is 14.9 Å². The van der Waals surface area contributed by atoms with Crippen LogP contribution in [0.2, 0.25) is 0 Å². The molecule has 0 unspecified atom stereocenters. The number of hydrogen-bond donors (Lipinski definition) is 1. The molecule has 0 fully saturated rings. The Labute approximate surface area is 108 Å². The Balaban J connectivity index is 2.35. The van der Waals surface area contributed by atoms with E-state index in [1.54, 1.807) is 25.1 Å². The minimum atomic E-state index is -0.457. The Kier molecular flexibility index (Phi) is 3.52. The monoisotopic (exact) mass is 265 g/mol. The van der Waals surface area contributed by atoms with Crippen molar-refractivity contribution in [3.05, 3.63) is 29.7 Å². The van der Waals surface area contributed by atoms with Gasteiger partial charge in [0.1, 0.15) is 0 Å². The van der Waals surface area contributed by atoms with Crippen LogP contribution in [-0.2, 0) is 4.74 Å². The second-order valence-corrected chi connectivity index (χ2v) is 4.43. The van der Waals surface area contributed by atoms with Crippen molar-refractivity contribution < 1.29 is 13.9 Å². The number of aromatic nitrogens is 2. The Morgan fingerprint density at radius 2 is 2.22 bits per heavy atom. The van der Waals surface area contributed by atoms with Crippen LogP contribution in [0, 0.1) is 6.92 Å². The zero-order chi connectivity index (χ0) is 13.1. The summed E-state index contributed by atoms with van der Waals surface area (Å²) in [4.78, 5) is 12.3. The molecule has 0 amide bonds. The van der Waals surface area contributed by atoms with E-state index in [0.717, 1.165) is 0 Å². The number of anilines is 1. The van der Waals surface area contributed by atoms with Crippen molar-refractivity contribution in [1.29, 1.82) is 0 Å². The van der Waals surface area contributed by atoms with Crippen LogP contribution in [0.4, 0.5) is 5.69 Å². The van der Waals surface area contributed by atoms with Crippen molar-refractivity contribution in [2.24, 2.45) is 0 Å². The molecule has 0 radical (unpaired) electrons. The van der Waals surface area contributed by atoms with Crippen molar-refractivity contribution in [3.63, 3.8) is 0 Å². The van der Waals surface area contributed by atoms with Crippen LogP contribution in [-0.4, -0.2) is 23.3 Å². The van der Waals surface area contributed by atoms with Gasteiger partial charge in [0.2, 0.25) is 5.89 Å². The molecule has 2 aromatic rings. The minimum absolute atomic E-state index is 0.363. The molecule has 0 aliphatic carbocycles. The van der Waals surface area contributed by atoms with Gasteiger partial charge in [-0.2, -0.15) is 0 Å². The van der Waals surface area contributed by atoms with E-state index in [1.807, 2.05) is 0 Å². The number of carbonyl (C=O) groups excluding carboxylic acids is 1. The smallest absolute Gasteiger partial charge is 0.339 e. The summed E-state index contributed by atoms with van der Waals surface area (Å²) >= 11 is 1.19. The SMILES string of the molecule is COC(=O)c1cc(N)ccc1Sc1nnc(C)o1. The predicted molar refractivity (Wildman–Crippen MR) is 65.4 cm³/mol. The lowest BCUT2D eigenvalue weighted by Crippen LogP contribution is -2.04. The van der Waals surface area contributed by atoms with Crippen molar-refractivity contribution in [1.82, 2.24) is 10.2 Å². The first kappa shape index (κ1) is 12.4. The van der Waals surface area contributed by atoms with Crippen LogP contribution in [0.3, 0.4) is 0 Å². The first-order valence-corrected chi connectivity index (χ1v) is 5.87. The van der Waals surface area contributed by atoms with Crippen molar-refractivity contribution in [2.45, 2.75) is 17.0 Å². The van der Waals surface area contributed by atoms with Gasteiger partial charge in [-0.25, -0.2) is 4.79 Å². The molecule has 0 aliphatic heterocycles. The van der Waals surface area contributed by atoms with E-state index in [4.69, 9.17) is 14.9 Å². The van der Waals surface area contributed by atoms with Gasteiger partial charge in [0.25, 0.3) is 5.22 Å². The summed E-state index contributed by atoms with van der Waals surface area (Å²) in [5, 5.41) is 7.93. The van der Waals surface area contributed by atoms with Gasteiger partial charge in [0.05, 0.1) is 12.7 Å². The average molecular weight is 265 g/mol. The summed E-state index contributed by atoms with van der Waals surface area (Å²) in [6.07, 6.45) is 0. The molecule has 94 valence electrons. The predicted octanol–water partition coefficient (Wildman–Crippen LogP) is 1.90. The maximum atomic E-state index is 11.6.